The van der Waals surface area contributed by atoms with Crippen LogP contribution in [0.3, 0.4) is 0 Å². The van der Waals surface area contributed by atoms with Crippen LogP contribution in [0, 0.1) is 11.8 Å². The second-order valence-corrected chi connectivity index (χ2v) is 3.82. The zero-order valence-corrected chi connectivity index (χ0v) is 8.04. The van der Waals surface area contributed by atoms with Gasteiger partial charge in [-0.2, -0.15) is 0 Å². The number of carbonyl (C=O) groups is 1. The standard InChI is InChI=1S/C11H14O2/c1-7-9-3-4-10(5-9)11(7)6-13-8(2)12/h3-4,9-10H,5-6H2,1-2H3/t9-,10+/m0/s1. The van der Waals surface area contributed by atoms with E-state index in [1.54, 1.807) is 0 Å². The van der Waals surface area contributed by atoms with Gasteiger partial charge in [-0.1, -0.05) is 17.7 Å². The molecule has 2 rings (SSSR count). The topological polar surface area (TPSA) is 26.3 Å². The third-order valence-corrected chi connectivity index (χ3v) is 3.02. The van der Waals surface area contributed by atoms with Gasteiger partial charge in [0.25, 0.3) is 0 Å². The Morgan fingerprint density at radius 2 is 2.23 bits per heavy atom. The van der Waals surface area contributed by atoms with Gasteiger partial charge in [0.05, 0.1) is 0 Å². The van der Waals surface area contributed by atoms with Crippen LogP contribution in [-0.4, -0.2) is 12.6 Å². The van der Waals surface area contributed by atoms with Crippen molar-refractivity contribution in [2.45, 2.75) is 20.3 Å². The first kappa shape index (κ1) is 8.54. The van der Waals surface area contributed by atoms with Gasteiger partial charge in [0, 0.05) is 12.8 Å². The van der Waals surface area contributed by atoms with Crippen LogP contribution in [0.2, 0.25) is 0 Å². The van der Waals surface area contributed by atoms with Crippen LogP contribution in [0.25, 0.3) is 0 Å². The second kappa shape index (κ2) is 3.02. The minimum Gasteiger partial charge on any atom is -0.461 e. The first-order valence-corrected chi connectivity index (χ1v) is 4.69. The molecule has 0 radical (unpaired) electrons. The number of ether oxygens (including phenoxy) is 1. The van der Waals surface area contributed by atoms with Crippen molar-refractivity contribution in [1.29, 1.82) is 0 Å². The molecule has 0 spiro atoms. The number of esters is 1. The van der Waals surface area contributed by atoms with E-state index in [2.05, 4.69) is 19.1 Å². The fraction of sp³-hybridized carbons (Fsp3) is 0.545. The molecule has 0 amide bonds. The van der Waals surface area contributed by atoms with E-state index >= 15 is 0 Å². The van der Waals surface area contributed by atoms with Crippen LogP contribution in [0.4, 0.5) is 0 Å². The summed E-state index contributed by atoms with van der Waals surface area (Å²) in [6.45, 7) is 4.10. The highest BCUT2D eigenvalue weighted by atomic mass is 16.5. The van der Waals surface area contributed by atoms with Crippen LogP contribution in [-0.2, 0) is 9.53 Å². The summed E-state index contributed by atoms with van der Waals surface area (Å²) in [7, 11) is 0. The van der Waals surface area contributed by atoms with Crippen molar-refractivity contribution in [2.75, 3.05) is 6.61 Å². The van der Waals surface area contributed by atoms with Crippen molar-refractivity contribution in [3.05, 3.63) is 23.3 Å². The van der Waals surface area contributed by atoms with Crippen LogP contribution in [0.1, 0.15) is 20.3 Å². The first-order chi connectivity index (χ1) is 6.18. The summed E-state index contributed by atoms with van der Waals surface area (Å²) in [6, 6.07) is 0. The van der Waals surface area contributed by atoms with Gasteiger partial charge in [-0.25, -0.2) is 0 Å². The molecule has 2 bridgehead atoms. The van der Waals surface area contributed by atoms with Crippen molar-refractivity contribution in [2.24, 2.45) is 11.8 Å². The van der Waals surface area contributed by atoms with E-state index < -0.39 is 0 Å². The summed E-state index contributed by atoms with van der Waals surface area (Å²) in [5.41, 5.74) is 2.73. The van der Waals surface area contributed by atoms with Gasteiger partial charge in [-0.3, -0.25) is 4.79 Å². The molecule has 0 saturated heterocycles. The minimum absolute atomic E-state index is 0.188. The average Bonchev–Trinajstić information content (AvgIpc) is 2.61. The summed E-state index contributed by atoms with van der Waals surface area (Å²) >= 11 is 0. The van der Waals surface area contributed by atoms with E-state index in [-0.39, 0.29) is 5.97 Å². The Balaban J connectivity index is 2.04. The number of rotatable bonds is 2. The van der Waals surface area contributed by atoms with Gasteiger partial charge in [-0.15, -0.1) is 0 Å². The Bertz CT molecular complexity index is 299. The van der Waals surface area contributed by atoms with Gasteiger partial charge in [0.2, 0.25) is 0 Å². The average molecular weight is 178 g/mol. The molecule has 0 aliphatic heterocycles. The highest BCUT2D eigenvalue weighted by Gasteiger charge is 2.32. The third-order valence-electron chi connectivity index (χ3n) is 3.02. The van der Waals surface area contributed by atoms with Gasteiger partial charge < -0.3 is 4.74 Å². The molecule has 2 aliphatic carbocycles. The molecule has 0 aromatic heterocycles. The lowest BCUT2D eigenvalue weighted by atomic mass is 9.99. The fourth-order valence-corrected chi connectivity index (χ4v) is 2.21. The molecule has 0 N–H and O–H groups in total. The van der Waals surface area contributed by atoms with Gasteiger partial charge in [0.1, 0.15) is 6.61 Å². The number of hydrogen-bond donors (Lipinski definition) is 0. The Kier molecular flexibility index (Phi) is 1.98. The number of carbonyl (C=O) groups excluding carboxylic acids is 1. The summed E-state index contributed by atoms with van der Waals surface area (Å²) < 4.78 is 5.02. The highest BCUT2D eigenvalue weighted by Crippen LogP contribution is 2.43. The van der Waals surface area contributed by atoms with Crippen molar-refractivity contribution >= 4 is 5.97 Å². The van der Waals surface area contributed by atoms with Crippen LogP contribution in [0.15, 0.2) is 23.3 Å². The van der Waals surface area contributed by atoms with Gasteiger partial charge in [-0.05, 0) is 24.8 Å². The molecule has 2 heteroatoms. The predicted molar refractivity (Wildman–Crippen MR) is 50.1 cm³/mol. The minimum atomic E-state index is -0.188. The van der Waals surface area contributed by atoms with Crippen LogP contribution in [0.5, 0.6) is 0 Å². The second-order valence-electron chi connectivity index (χ2n) is 3.82. The van der Waals surface area contributed by atoms with E-state index in [9.17, 15) is 4.79 Å². The van der Waals surface area contributed by atoms with E-state index in [1.165, 1.54) is 24.5 Å². The number of fused-ring (bicyclic) bond motifs is 2. The Labute approximate surface area is 78.3 Å². The molecular weight excluding hydrogens is 164 g/mol. The molecule has 0 unspecified atom stereocenters. The van der Waals surface area contributed by atoms with Gasteiger partial charge in [0.15, 0.2) is 0 Å². The maximum Gasteiger partial charge on any atom is 0.302 e. The molecule has 0 aromatic rings. The molecule has 0 fully saturated rings. The molecule has 13 heavy (non-hydrogen) atoms. The molecule has 0 saturated carbocycles. The maximum absolute atomic E-state index is 10.7. The summed E-state index contributed by atoms with van der Waals surface area (Å²) in [6.07, 6.45) is 5.69. The molecule has 2 nitrogen and oxygen atoms in total. The van der Waals surface area contributed by atoms with E-state index in [0.29, 0.717) is 18.4 Å². The van der Waals surface area contributed by atoms with Gasteiger partial charge >= 0.3 is 5.97 Å². The lowest BCUT2D eigenvalue weighted by molar-refractivity contribution is -0.140. The number of allylic oxidation sites excluding steroid dienone is 3. The predicted octanol–water partition coefficient (Wildman–Crippen LogP) is 2.07. The summed E-state index contributed by atoms with van der Waals surface area (Å²) in [4.78, 5) is 10.7. The third kappa shape index (κ3) is 1.41. The Morgan fingerprint density at radius 1 is 1.54 bits per heavy atom. The number of hydrogen-bond acceptors (Lipinski definition) is 2. The smallest absolute Gasteiger partial charge is 0.302 e. The monoisotopic (exact) mass is 178 g/mol. The molecule has 2 aliphatic rings. The SMILES string of the molecule is CC(=O)OCC1=C(C)[C@H]2C=C[C@@H]1C2. The summed E-state index contributed by atoms with van der Waals surface area (Å²) in [5, 5.41) is 0. The first-order valence-electron chi connectivity index (χ1n) is 4.69. The van der Waals surface area contributed by atoms with E-state index in [4.69, 9.17) is 4.74 Å². The van der Waals surface area contributed by atoms with Crippen molar-refractivity contribution in [1.82, 2.24) is 0 Å². The normalized spacial score (nSPS) is 30.0. The zero-order chi connectivity index (χ0) is 9.42. The highest BCUT2D eigenvalue weighted by molar-refractivity contribution is 5.66. The molecular formula is C11H14O2. The molecule has 0 aromatic carbocycles. The van der Waals surface area contributed by atoms with Crippen molar-refractivity contribution in [3.8, 4) is 0 Å². The lowest BCUT2D eigenvalue weighted by Gasteiger charge is -2.12. The Morgan fingerprint density at radius 3 is 2.77 bits per heavy atom. The fourth-order valence-electron chi connectivity index (χ4n) is 2.21. The van der Waals surface area contributed by atoms with E-state index in [0.717, 1.165) is 0 Å². The largest absolute Gasteiger partial charge is 0.461 e. The van der Waals surface area contributed by atoms with Crippen LogP contribution < -0.4 is 0 Å². The molecule has 0 heterocycles. The zero-order valence-electron chi connectivity index (χ0n) is 8.04. The lowest BCUT2D eigenvalue weighted by Crippen LogP contribution is -2.08. The molecule has 70 valence electrons. The quantitative estimate of drug-likeness (QED) is 0.478. The van der Waals surface area contributed by atoms with Crippen molar-refractivity contribution in [3.63, 3.8) is 0 Å². The van der Waals surface area contributed by atoms with Crippen LogP contribution >= 0.6 is 0 Å². The van der Waals surface area contributed by atoms with E-state index in [1.807, 2.05) is 0 Å². The summed E-state index contributed by atoms with van der Waals surface area (Å²) in [5.74, 6) is 0.979. The van der Waals surface area contributed by atoms with Crippen molar-refractivity contribution < 1.29 is 9.53 Å². The Hall–Kier alpha value is -1.05. The maximum atomic E-state index is 10.7. The molecule has 2 atom stereocenters.